The second kappa shape index (κ2) is 11.6. The van der Waals surface area contributed by atoms with Crippen molar-refractivity contribution in [3.8, 4) is 0 Å². The molecule has 1 aliphatic heterocycles. The Morgan fingerprint density at radius 1 is 0.969 bits per heavy atom. The van der Waals surface area contributed by atoms with E-state index in [1.807, 2.05) is 0 Å². The minimum Gasteiger partial charge on any atom is -0.372 e. The van der Waals surface area contributed by atoms with Gasteiger partial charge in [0.2, 0.25) is 0 Å². The first-order valence-corrected chi connectivity index (χ1v) is 13.5. The average molecular weight is 436 g/mol. The third-order valence-electron chi connectivity index (χ3n) is 8.89. The molecule has 1 aromatic carbocycles. The lowest BCUT2D eigenvalue weighted by Crippen LogP contribution is -2.31. The lowest BCUT2D eigenvalue weighted by atomic mass is 9.74. The van der Waals surface area contributed by atoms with Gasteiger partial charge in [0.15, 0.2) is 0 Å². The zero-order valence-corrected chi connectivity index (χ0v) is 21.9. The highest BCUT2D eigenvalue weighted by Gasteiger charge is 2.30. The summed E-state index contributed by atoms with van der Waals surface area (Å²) in [5, 5.41) is 0. The minimum absolute atomic E-state index is 0.657. The van der Waals surface area contributed by atoms with Crippen LogP contribution in [0.3, 0.4) is 0 Å². The van der Waals surface area contributed by atoms with Crippen LogP contribution in [0.25, 0.3) is 0 Å². The van der Waals surface area contributed by atoms with Crippen LogP contribution in [0.1, 0.15) is 102 Å². The molecule has 1 aliphatic carbocycles. The fourth-order valence-electron chi connectivity index (χ4n) is 6.08. The molecule has 6 atom stereocenters. The summed E-state index contributed by atoms with van der Waals surface area (Å²) in [6, 6.07) is 7.76. The number of hydrogen-bond acceptors (Lipinski definition) is 1. The number of likely N-dealkylation sites (tertiary alicyclic amines) is 1. The van der Waals surface area contributed by atoms with E-state index in [9.17, 15) is 0 Å². The van der Waals surface area contributed by atoms with Crippen molar-refractivity contribution in [1.82, 2.24) is 4.90 Å². The molecule has 1 heterocycles. The summed E-state index contributed by atoms with van der Waals surface area (Å²) in [5.74, 6) is 3.76. The number of allylic oxidation sites excluding steroid dienone is 3. The standard InChI is InChI=1S/C31H49N/c1-8-27(7)32-19-9-10-31(32)21-26(6)29-17-15-28(16-18-29)23(3)11-12-24(4)30-14-13-22(2)25(5)20-30/h13-15,17,20,23-24,26,28-29,31H,7-12,16,18-19,21H2,1-6H3/t23?,24-,26+,28?,29?,31+/m1/s1. The Morgan fingerprint density at radius 3 is 2.28 bits per heavy atom. The second-order valence-corrected chi connectivity index (χ2v) is 11.2. The summed E-state index contributed by atoms with van der Waals surface area (Å²) >= 11 is 0. The summed E-state index contributed by atoms with van der Waals surface area (Å²) in [5.41, 5.74) is 5.70. The van der Waals surface area contributed by atoms with E-state index in [1.54, 1.807) is 0 Å². The molecular formula is C31H49N. The number of rotatable bonds is 10. The van der Waals surface area contributed by atoms with Crippen molar-refractivity contribution in [3.63, 3.8) is 0 Å². The molecule has 1 heteroatoms. The first kappa shape index (κ1) is 25.1. The van der Waals surface area contributed by atoms with Crippen LogP contribution < -0.4 is 0 Å². The van der Waals surface area contributed by atoms with Gasteiger partial charge in [0.25, 0.3) is 0 Å². The van der Waals surface area contributed by atoms with Crippen LogP contribution in [0, 0.1) is 37.5 Å². The van der Waals surface area contributed by atoms with E-state index in [-0.39, 0.29) is 0 Å². The van der Waals surface area contributed by atoms with E-state index in [4.69, 9.17) is 0 Å². The lowest BCUT2D eigenvalue weighted by molar-refractivity contribution is 0.228. The third kappa shape index (κ3) is 6.30. The fraction of sp³-hybridized carbons (Fsp3) is 0.677. The van der Waals surface area contributed by atoms with Crippen molar-refractivity contribution in [2.24, 2.45) is 23.7 Å². The van der Waals surface area contributed by atoms with E-state index in [0.29, 0.717) is 5.92 Å². The predicted octanol–water partition coefficient (Wildman–Crippen LogP) is 8.82. The first-order valence-electron chi connectivity index (χ1n) is 13.5. The fourth-order valence-corrected chi connectivity index (χ4v) is 6.08. The first-order chi connectivity index (χ1) is 15.3. The maximum absolute atomic E-state index is 4.32. The van der Waals surface area contributed by atoms with Crippen LogP contribution >= 0.6 is 0 Å². The van der Waals surface area contributed by atoms with Crippen molar-refractivity contribution in [2.75, 3.05) is 6.54 Å². The molecule has 32 heavy (non-hydrogen) atoms. The summed E-state index contributed by atoms with van der Waals surface area (Å²) in [6.07, 6.45) is 15.7. The van der Waals surface area contributed by atoms with Crippen molar-refractivity contribution in [3.05, 3.63) is 59.3 Å². The van der Waals surface area contributed by atoms with Crippen molar-refractivity contribution in [1.29, 1.82) is 0 Å². The molecule has 0 aromatic heterocycles. The van der Waals surface area contributed by atoms with E-state index in [2.05, 4.69) is 83.4 Å². The van der Waals surface area contributed by atoms with E-state index >= 15 is 0 Å². The monoisotopic (exact) mass is 435 g/mol. The average Bonchev–Trinajstić information content (AvgIpc) is 3.26. The molecule has 0 radical (unpaired) electrons. The topological polar surface area (TPSA) is 3.24 Å². The van der Waals surface area contributed by atoms with Gasteiger partial charge in [-0.3, -0.25) is 0 Å². The molecule has 2 aliphatic rings. The van der Waals surface area contributed by atoms with Crippen molar-refractivity contribution in [2.45, 2.75) is 105 Å². The van der Waals surface area contributed by atoms with Gasteiger partial charge in [-0.1, -0.05) is 64.6 Å². The maximum atomic E-state index is 4.32. The number of nitrogens with zero attached hydrogens (tertiary/aromatic N) is 1. The Balaban J connectivity index is 1.46. The van der Waals surface area contributed by atoms with Gasteiger partial charge in [-0.2, -0.15) is 0 Å². The van der Waals surface area contributed by atoms with Crippen LogP contribution in [0.4, 0.5) is 0 Å². The summed E-state index contributed by atoms with van der Waals surface area (Å²) in [7, 11) is 0. The Labute approximate surface area is 199 Å². The zero-order valence-electron chi connectivity index (χ0n) is 21.9. The molecule has 0 N–H and O–H groups in total. The molecule has 0 saturated carbocycles. The summed E-state index contributed by atoms with van der Waals surface area (Å²) < 4.78 is 0. The van der Waals surface area contributed by atoms with Gasteiger partial charge >= 0.3 is 0 Å². The zero-order chi connectivity index (χ0) is 23.3. The van der Waals surface area contributed by atoms with Crippen molar-refractivity contribution >= 4 is 0 Å². The van der Waals surface area contributed by atoms with Crippen LogP contribution in [-0.4, -0.2) is 17.5 Å². The molecular weight excluding hydrogens is 386 g/mol. The SMILES string of the molecule is C=C(CC)N1CCC[C@H]1C[C@H](C)C1C=CC(C(C)CC[C@@H](C)c2ccc(C)c(C)c2)CC1. The molecule has 1 aromatic rings. The predicted molar refractivity (Wildman–Crippen MR) is 141 cm³/mol. The number of aryl methyl sites for hydroxylation is 2. The molecule has 0 amide bonds. The third-order valence-corrected chi connectivity index (χ3v) is 8.89. The smallest absolute Gasteiger partial charge is 0.0290 e. The maximum Gasteiger partial charge on any atom is 0.0290 e. The van der Waals surface area contributed by atoms with Crippen LogP contribution in [-0.2, 0) is 0 Å². The molecule has 0 spiro atoms. The number of benzene rings is 1. The van der Waals surface area contributed by atoms with Gasteiger partial charge in [-0.05, 0) is 111 Å². The molecule has 1 saturated heterocycles. The largest absolute Gasteiger partial charge is 0.372 e. The van der Waals surface area contributed by atoms with Gasteiger partial charge in [0.1, 0.15) is 0 Å². The highest BCUT2D eigenvalue weighted by Crippen LogP contribution is 2.37. The minimum atomic E-state index is 0.657. The van der Waals surface area contributed by atoms with Gasteiger partial charge < -0.3 is 4.90 Å². The van der Waals surface area contributed by atoms with Gasteiger partial charge in [-0.15, -0.1) is 0 Å². The molecule has 3 rings (SSSR count). The van der Waals surface area contributed by atoms with Crippen molar-refractivity contribution < 1.29 is 0 Å². The van der Waals surface area contributed by atoms with Gasteiger partial charge in [0.05, 0.1) is 0 Å². The normalized spacial score (nSPS) is 26.2. The van der Waals surface area contributed by atoms with E-state index < -0.39 is 0 Å². The van der Waals surface area contributed by atoms with E-state index in [1.165, 1.54) is 73.9 Å². The molecule has 1 nitrogen and oxygen atoms in total. The quantitative estimate of drug-likeness (QED) is 0.332. The Kier molecular flexibility index (Phi) is 9.09. The molecule has 0 bridgehead atoms. The summed E-state index contributed by atoms with van der Waals surface area (Å²) in [6.45, 7) is 19.6. The van der Waals surface area contributed by atoms with Crippen LogP contribution in [0.2, 0.25) is 0 Å². The summed E-state index contributed by atoms with van der Waals surface area (Å²) in [4.78, 5) is 2.62. The Morgan fingerprint density at radius 2 is 1.66 bits per heavy atom. The Bertz CT molecular complexity index is 775. The number of hydrogen-bond donors (Lipinski definition) is 0. The van der Waals surface area contributed by atoms with Crippen LogP contribution in [0.15, 0.2) is 42.6 Å². The van der Waals surface area contributed by atoms with Crippen LogP contribution in [0.5, 0.6) is 0 Å². The van der Waals surface area contributed by atoms with E-state index in [0.717, 1.165) is 36.1 Å². The molecule has 1 fully saturated rings. The highest BCUT2D eigenvalue weighted by molar-refractivity contribution is 5.31. The molecule has 178 valence electrons. The van der Waals surface area contributed by atoms with Gasteiger partial charge in [-0.25, -0.2) is 0 Å². The lowest BCUT2D eigenvalue weighted by Gasteiger charge is -2.34. The highest BCUT2D eigenvalue weighted by atomic mass is 15.2. The van der Waals surface area contributed by atoms with Gasteiger partial charge in [0, 0.05) is 18.3 Å². The Hall–Kier alpha value is -1.50. The second-order valence-electron chi connectivity index (χ2n) is 11.2. The molecule has 3 unspecified atom stereocenters.